The molecule has 1 N–H and O–H groups in total. The van der Waals surface area contributed by atoms with Gasteiger partial charge < -0.3 is 9.64 Å². The zero-order valence-corrected chi connectivity index (χ0v) is 10.3. The predicted molar refractivity (Wildman–Crippen MR) is 67.6 cm³/mol. The minimum absolute atomic E-state index is 0.0421. The van der Waals surface area contributed by atoms with Gasteiger partial charge in [-0.25, -0.2) is 4.79 Å². The van der Waals surface area contributed by atoms with Crippen LogP contribution in [0.2, 0.25) is 0 Å². The molecule has 5 nitrogen and oxygen atoms in total. The van der Waals surface area contributed by atoms with Crippen molar-refractivity contribution in [1.82, 2.24) is 4.90 Å². The van der Waals surface area contributed by atoms with E-state index in [1.54, 1.807) is 29.2 Å². The molecule has 5 heteroatoms. The average Bonchev–Trinajstić information content (AvgIpc) is 2.92. The number of rotatable bonds is 2. The van der Waals surface area contributed by atoms with Gasteiger partial charge in [0.2, 0.25) is 0 Å². The lowest BCUT2D eigenvalue weighted by Gasteiger charge is -2.17. The number of benzene rings is 1. The Balaban J connectivity index is 2.20. The molecule has 2 amide bonds. The second-order valence-electron chi connectivity index (χ2n) is 4.16. The molecule has 1 fully saturated rings. The molecule has 0 radical (unpaired) electrons. The molecule has 1 aliphatic heterocycles. The van der Waals surface area contributed by atoms with E-state index < -0.39 is 6.09 Å². The van der Waals surface area contributed by atoms with Crippen molar-refractivity contribution in [1.29, 1.82) is 0 Å². The van der Waals surface area contributed by atoms with Crippen molar-refractivity contribution in [3.05, 3.63) is 29.8 Å². The molecule has 2 rings (SSSR count). The smallest absolute Gasteiger partial charge is 0.411 e. The van der Waals surface area contributed by atoms with Crippen molar-refractivity contribution in [2.75, 3.05) is 25.5 Å². The number of para-hydroxylation sites is 1. The molecule has 0 saturated carbocycles. The highest BCUT2D eigenvalue weighted by atomic mass is 16.5. The Kier molecular flexibility index (Phi) is 3.82. The van der Waals surface area contributed by atoms with Crippen molar-refractivity contribution < 1.29 is 14.3 Å². The number of nitrogens with zero attached hydrogens (tertiary/aromatic N) is 1. The van der Waals surface area contributed by atoms with Crippen LogP contribution in [0, 0.1) is 0 Å². The first-order valence-corrected chi connectivity index (χ1v) is 5.95. The maximum atomic E-state index is 12.3. The standard InChI is InChI=1S/C13H16N2O3/c1-18-13(17)14-11-7-3-2-6-10(11)12(16)15-8-4-5-9-15/h2-3,6-7H,4-5,8-9H2,1H3,(H,14,17). The molecule has 1 aromatic rings. The van der Waals surface area contributed by atoms with Crippen LogP contribution in [0.4, 0.5) is 10.5 Å². The summed E-state index contributed by atoms with van der Waals surface area (Å²) in [7, 11) is 1.29. The summed E-state index contributed by atoms with van der Waals surface area (Å²) in [5.41, 5.74) is 0.992. The number of carbonyl (C=O) groups is 2. The molecule has 1 saturated heterocycles. The molecule has 0 bridgehead atoms. The third-order valence-corrected chi connectivity index (χ3v) is 2.97. The molecular weight excluding hydrogens is 232 g/mol. The Morgan fingerprint density at radius 1 is 1.22 bits per heavy atom. The highest BCUT2D eigenvalue weighted by Gasteiger charge is 2.22. The van der Waals surface area contributed by atoms with Crippen LogP contribution in [-0.2, 0) is 4.74 Å². The molecule has 96 valence electrons. The van der Waals surface area contributed by atoms with E-state index in [1.807, 2.05) is 0 Å². The van der Waals surface area contributed by atoms with Crippen LogP contribution in [0.5, 0.6) is 0 Å². The highest BCUT2D eigenvalue weighted by Crippen LogP contribution is 2.20. The molecular formula is C13H16N2O3. The van der Waals surface area contributed by atoms with E-state index in [-0.39, 0.29) is 5.91 Å². The van der Waals surface area contributed by atoms with Gasteiger partial charge in [-0.1, -0.05) is 12.1 Å². The van der Waals surface area contributed by atoms with Gasteiger partial charge in [-0.15, -0.1) is 0 Å². The van der Waals surface area contributed by atoms with Crippen LogP contribution in [0.1, 0.15) is 23.2 Å². The molecule has 1 heterocycles. The molecule has 0 aliphatic carbocycles. The normalized spacial score (nSPS) is 14.4. The summed E-state index contributed by atoms with van der Waals surface area (Å²) in [6.45, 7) is 1.57. The van der Waals surface area contributed by atoms with Crippen LogP contribution in [0.3, 0.4) is 0 Å². The van der Waals surface area contributed by atoms with Gasteiger partial charge >= 0.3 is 6.09 Å². The maximum absolute atomic E-state index is 12.3. The summed E-state index contributed by atoms with van der Waals surface area (Å²) in [6, 6.07) is 6.96. The number of ether oxygens (including phenoxy) is 1. The number of likely N-dealkylation sites (tertiary alicyclic amines) is 1. The number of hydrogen-bond acceptors (Lipinski definition) is 3. The topological polar surface area (TPSA) is 58.6 Å². The van der Waals surface area contributed by atoms with Crippen LogP contribution < -0.4 is 5.32 Å². The minimum atomic E-state index is -0.573. The van der Waals surface area contributed by atoms with Crippen molar-refractivity contribution in [3.63, 3.8) is 0 Å². The van der Waals surface area contributed by atoms with Crippen LogP contribution in [0.25, 0.3) is 0 Å². The number of amides is 2. The first kappa shape index (κ1) is 12.4. The average molecular weight is 248 g/mol. The van der Waals surface area contributed by atoms with E-state index in [9.17, 15) is 9.59 Å². The summed E-state index contributed by atoms with van der Waals surface area (Å²) < 4.78 is 4.54. The van der Waals surface area contributed by atoms with E-state index in [0.717, 1.165) is 25.9 Å². The Hall–Kier alpha value is -2.04. The quantitative estimate of drug-likeness (QED) is 0.872. The lowest BCUT2D eigenvalue weighted by atomic mass is 10.1. The highest BCUT2D eigenvalue weighted by molar-refractivity contribution is 6.02. The van der Waals surface area contributed by atoms with E-state index in [2.05, 4.69) is 10.1 Å². The van der Waals surface area contributed by atoms with E-state index in [0.29, 0.717) is 11.3 Å². The van der Waals surface area contributed by atoms with Crippen LogP contribution >= 0.6 is 0 Å². The van der Waals surface area contributed by atoms with Crippen LogP contribution in [-0.4, -0.2) is 37.1 Å². The molecule has 0 aromatic heterocycles. The second kappa shape index (κ2) is 5.53. The van der Waals surface area contributed by atoms with Gasteiger partial charge in [0.1, 0.15) is 0 Å². The van der Waals surface area contributed by atoms with Crippen molar-refractivity contribution in [2.45, 2.75) is 12.8 Å². The number of anilines is 1. The van der Waals surface area contributed by atoms with Crippen LogP contribution in [0.15, 0.2) is 24.3 Å². The minimum Gasteiger partial charge on any atom is -0.453 e. The fourth-order valence-electron chi connectivity index (χ4n) is 2.03. The summed E-state index contributed by atoms with van der Waals surface area (Å²) >= 11 is 0. The van der Waals surface area contributed by atoms with Gasteiger partial charge in [0, 0.05) is 13.1 Å². The van der Waals surface area contributed by atoms with Crippen molar-refractivity contribution in [3.8, 4) is 0 Å². The van der Waals surface area contributed by atoms with Gasteiger partial charge in [-0.2, -0.15) is 0 Å². The SMILES string of the molecule is COC(=O)Nc1ccccc1C(=O)N1CCCC1. The van der Waals surface area contributed by atoms with E-state index in [4.69, 9.17) is 0 Å². The zero-order valence-electron chi connectivity index (χ0n) is 10.3. The Labute approximate surface area is 106 Å². The Bertz CT molecular complexity index is 453. The Morgan fingerprint density at radius 2 is 1.89 bits per heavy atom. The van der Waals surface area contributed by atoms with E-state index >= 15 is 0 Å². The number of carbonyl (C=O) groups excluding carboxylic acids is 2. The van der Waals surface area contributed by atoms with Crippen molar-refractivity contribution >= 4 is 17.7 Å². The third-order valence-electron chi connectivity index (χ3n) is 2.97. The molecule has 0 atom stereocenters. The van der Waals surface area contributed by atoms with Gasteiger partial charge in [0.15, 0.2) is 0 Å². The monoisotopic (exact) mass is 248 g/mol. The van der Waals surface area contributed by atoms with Gasteiger partial charge in [-0.05, 0) is 25.0 Å². The van der Waals surface area contributed by atoms with Gasteiger partial charge in [0.25, 0.3) is 5.91 Å². The summed E-state index contributed by atoms with van der Waals surface area (Å²) in [5, 5.41) is 2.56. The number of methoxy groups -OCH3 is 1. The lowest BCUT2D eigenvalue weighted by molar-refractivity contribution is 0.0794. The fraction of sp³-hybridized carbons (Fsp3) is 0.385. The molecule has 18 heavy (non-hydrogen) atoms. The summed E-state index contributed by atoms with van der Waals surface area (Å²) in [5.74, 6) is -0.0421. The van der Waals surface area contributed by atoms with Gasteiger partial charge in [-0.3, -0.25) is 10.1 Å². The van der Waals surface area contributed by atoms with E-state index in [1.165, 1.54) is 7.11 Å². The lowest BCUT2D eigenvalue weighted by Crippen LogP contribution is -2.28. The number of hydrogen-bond donors (Lipinski definition) is 1. The maximum Gasteiger partial charge on any atom is 0.411 e. The number of nitrogens with one attached hydrogen (secondary N) is 1. The zero-order chi connectivity index (χ0) is 13.0. The van der Waals surface area contributed by atoms with Gasteiger partial charge in [0.05, 0.1) is 18.4 Å². The van der Waals surface area contributed by atoms with Crippen molar-refractivity contribution in [2.24, 2.45) is 0 Å². The third kappa shape index (κ3) is 2.61. The fourth-order valence-corrected chi connectivity index (χ4v) is 2.03. The summed E-state index contributed by atoms with van der Waals surface area (Å²) in [4.78, 5) is 25.3. The molecule has 0 unspecified atom stereocenters. The molecule has 1 aromatic carbocycles. The molecule has 1 aliphatic rings. The first-order chi connectivity index (χ1) is 8.72. The largest absolute Gasteiger partial charge is 0.453 e. The summed E-state index contributed by atoms with van der Waals surface area (Å²) in [6.07, 6.45) is 1.51. The predicted octanol–water partition coefficient (Wildman–Crippen LogP) is 2.10. The first-order valence-electron chi connectivity index (χ1n) is 5.95. The second-order valence-corrected chi connectivity index (χ2v) is 4.16. The Morgan fingerprint density at radius 3 is 2.56 bits per heavy atom. The molecule has 0 spiro atoms.